The zero-order chi connectivity index (χ0) is 13.8. The number of fused-ring (bicyclic) bond motifs is 1. The third kappa shape index (κ3) is 3.69. The fourth-order valence-electron chi connectivity index (χ4n) is 1.86. The Balaban J connectivity index is 0.00000161. The van der Waals surface area contributed by atoms with Gasteiger partial charge in [0.15, 0.2) is 17.4 Å². The number of nitrogens with zero attached hydrogens (tertiary/aromatic N) is 4. The first-order valence-corrected chi connectivity index (χ1v) is 6.23. The highest BCUT2D eigenvalue weighted by molar-refractivity contribution is 14.0. The van der Waals surface area contributed by atoms with E-state index in [1.54, 1.807) is 0 Å². The minimum atomic E-state index is 0. The van der Waals surface area contributed by atoms with Gasteiger partial charge in [0, 0.05) is 11.9 Å². The highest BCUT2D eigenvalue weighted by atomic mass is 127. The summed E-state index contributed by atoms with van der Waals surface area (Å²) < 4.78 is 1.89. The lowest BCUT2D eigenvalue weighted by Crippen LogP contribution is -2.22. The summed E-state index contributed by atoms with van der Waals surface area (Å²) in [5, 5.41) is 11.2. The second-order valence-electron chi connectivity index (χ2n) is 4.24. The molecule has 0 aliphatic rings. The van der Waals surface area contributed by atoms with Crippen LogP contribution in [0.4, 0.5) is 5.69 Å². The van der Waals surface area contributed by atoms with E-state index >= 15 is 0 Å². The molecule has 0 unspecified atom stereocenters. The van der Waals surface area contributed by atoms with E-state index in [-0.39, 0.29) is 24.0 Å². The Morgan fingerprint density at radius 3 is 2.67 bits per heavy atom. The van der Waals surface area contributed by atoms with Crippen molar-refractivity contribution in [3.8, 4) is 0 Å². The number of hydrogen-bond donors (Lipinski definition) is 2. The number of aliphatic imine (C=N–C) groups is 1. The van der Waals surface area contributed by atoms with Crippen molar-refractivity contribution in [3.05, 3.63) is 60.6 Å². The Kier molecular flexibility index (Phi) is 5.09. The smallest absolute Gasteiger partial charge is 0.193 e. The molecule has 6 nitrogen and oxygen atoms in total. The molecule has 0 fully saturated rings. The van der Waals surface area contributed by atoms with E-state index in [0.717, 1.165) is 17.2 Å². The number of hydrogen-bond acceptors (Lipinski definition) is 3. The minimum absolute atomic E-state index is 0. The van der Waals surface area contributed by atoms with Crippen molar-refractivity contribution in [2.24, 2.45) is 10.7 Å². The molecule has 3 rings (SSSR count). The summed E-state index contributed by atoms with van der Waals surface area (Å²) in [6.07, 6.45) is 1.90. The van der Waals surface area contributed by atoms with Crippen LogP contribution in [0.1, 0.15) is 5.82 Å². The van der Waals surface area contributed by atoms with Crippen molar-refractivity contribution in [1.82, 2.24) is 14.6 Å². The van der Waals surface area contributed by atoms with Crippen LogP contribution in [0.2, 0.25) is 0 Å². The molecule has 0 amide bonds. The van der Waals surface area contributed by atoms with E-state index in [9.17, 15) is 0 Å². The normalized spacial score (nSPS) is 11.1. The Bertz CT molecular complexity index is 737. The molecule has 7 heteroatoms. The minimum Gasteiger partial charge on any atom is -0.370 e. The van der Waals surface area contributed by atoms with Crippen molar-refractivity contribution in [1.29, 1.82) is 0 Å². The maximum absolute atomic E-state index is 5.85. The van der Waals surface area contributed by atoms with Gasteiger partial charge in [-0.1, -0.05) is 24.3 Å². The summed E-state index contributed by atoms with van der Waals surface area (Å²) in [7, 11) is 0. The van der Waals surface area contributed by atoms with E-state index < -0.39 is 0 Å². The lowest BCUT2D eigenvalue weighted by atomic mass is 10.3. The van der Waals surface area contributed by atoms with Gasteiger partial charge in [-0.2, -0.15) is 0 Å². The molecule has 2 heterocycles. The number of aromatic nitrogens is 3. The summed E-state index contributed by atoms with van der Waals surface area (Å²) in [5.74, 6) is 1.10. The second-order valence-corrected chi connectivity index (χ2v) is 4.24. The first kappa shape index (κ1) is 15.2. The lowest BCUT2D eigenvalue weighted by Gasteiger charge is -2.04. The molecule has 21 heavy (non-hydrogen) atoms. The van der Waals surface area contributed by atoms with Gasteiger partial charge in [-0.15, -0.1) is 34.2 Å². The molecule has 0 saturated heterocycles. The van der Waals surface area contributed by atoms with Crippen LogP contribution in [0.25, 0.3) is 5.65 Å². The average Bonchev–Trinajstić information content (AvgIpc) is 2.89. The van der Waals surface area contributed by atoms with Crippen LogP contribution in [-0.2, 0) is 6.54 Å². The van der Waals surface area contributed by atoms with Gasteiger partial charge in [-0.05, 0) is 24.3 Å². The molecule has 3 N–H and O–H groups in total. The van der Waals surface area contributed by atoms with Gasteiger partial charge in [0.2, 0.25) is 0 Å². The Hall–Kier alpha value is -2.16. The van der Waals surface area contributed by atoms with E-state index in [1.807, 2.05) is 59.1 Å². The fraction of sp³-hybridized carbons (Fsp3) is 0.0714. The molecule has 0 radical (unpaired) electrons. The maximum Gasteiger partial charge on any atom is 0.193 e. The van der Waals surface area contributed by atoms with Crippen LogP contribution >= 0.6 is 24.0 Å². The van der Waals surface area contributed by atoms with Crippen LogP contribution in [0, 0.1) is 0 Å². The number of nitrogens with two attached hydrogens (primary N) is 1. The molecule has 0 spiro atoms. The van der Waals surface area contributed by atoms with Gasteiger partial charge in [0.05, 0.1) is 0 Å². The van der Waals surface area contributed by atoms with E-state index in [4.69, 9.17) is 5.73 Å². The zero-order valence-corrected chi connectivity index (χ0v) is 13.5. The molecule has 0 saturated carbocycles. The predicted octanol–water partition coefficient (Wildman–Crippen LogP) is 2.27. The van der Waals surface area contributed by atoms with Gasteiger partial charge in [0.1, 0.15) is 6.54 Å². The molecule has 0 atom stereocenters. The summed E-state index contributed by atoms with van der Waals surface area (Å²) in [4.78, 5) is 4.27. The van der Waals surface area contributed by atoms with Gasteiger partial charge < -0.3 is 11.1 Å². The third-order valence-corrected chi connectivity index (χ3v) is 2.82. The molecular weight excluding hydrogens is 379 g/mol. The van der Waals surface area contributed by atoms with E-state index in [0.29, 0.717) is 12.5 Å². The van der Waals surface area contributed by atoms with Crippen LogP contribution in [0.5, 0.6) is 0 Å². The second kappa shape index (κ2) is 7.02. The number of anilines is 1. The first-order valence-electron chi connectivity index (χ1n) is 6.23. The molecule has 0 bridgehead atoms. The standard InChI is InChI=1S/C14H14N6.HI/c15-14(17-11-6-2-1-3-7-11)16-10-13-19-18-12-8-4-5-9-20(12)13;/h1-9H,10H2,(H3,15,16,17);1H. The highest BCUT2D eigenvalue weighted by Gasteiger charge is 2.03. The van der Waals surface area contributed by atoms with E-state index in [2.05, 4.69) is 20.5 Å². The number of pyridine rings is 1. The molecule has 1 aromatic carbocycles. The largest absolute Gasteiger partial charge is 0.370 e. The zero-order valence-electron chi connectivity index (χ0n) is 11.2. The average molecular weight is 394 g/mol. The fourth-order valence-corrected chi connectivity index (χ4v) is 1.86. The van der Waals surface area contributed by atoms with Crippen LogP contribution < -0.4 is 11.1 Å². The summed E-state index contributed by atoms with van der Waals surface area (Å²) >= 11 is 0. The Labute approximate surface area is 139 Å². The van der Waals surface area contributed by atoms with Crippen LogP contribution in [0.15, 0.2) is 59.7 Å². The molecule has 0 aliphatic heterocycles. The lowest BCUT2D eigenvalue weighted by molar-refractivity contribution is 0.881. The Morgan fingerprint density at radius 2 is 1.86 bits per heavy atom. The molecule has 0 aliphatic carbocycles. The van der Waals surface area contributed by atoms with Gasteiger partial charge >= 0.3 is 0 Å². The van der Waals surface area contributed by atoms with Gasteiger partial charge in [0.25, 0.3) is 0 Å². The van der Waals surface area contributed by atoms with Gasteiger partial charge in [-0.25, -0.2) is 4.99 Å². The number of halogens is 1. The first-order chi connectivity index (χ1) is 9.83. The number of rotatable bonds is 3. The number of guanidine groups is 1. The number of nitrogens with one attached hydrogen (secondary N) is 1. The van der Waals surface area contributed by atoms with E-state index in [1.165, 1.54) is 0 Å². The predicted molar refractivity (Wildman–Crippen MR) is 93.8 cm³/mol. The number of benzene rings is 1. The summed E-state index contributed by atoms with van der Waals surface area (Å²) in [6, 6.07) is 15.4. The molecular formula is C14H15IN6. The van der Waals surface area contributed by atoms with Crippen molar-refractivity contribution in [3.63, 3.8) is 0 Å². The Morgan fingerprint density at radius 1 is 1.10 bits per heavy atom. The SMILES string of the molecule is I.NC(=NCc1nnc2ccccn12)Nc1ccccc1. The van der Waals surface area contributed by atoms with Crippen molar-refractivity contribution >= 4 is 41.3 Å². The molecule has 2 aromatic heterocycles. The van der Waals surface area contributed by atoms with Crippen LogP contribution in [-0.4, -0.2) is 20.6 Å². The third-order valence-electron chi connectivity index (χ3n) is 2.82. The van der Waals surface area contributed by atoms with Gasteiger partial charge in [-0.3, -0.25) is 4.40 Å². The topological polar surface area (TPSA) is 80.6 Å². The van der Waals surface area contributed by atoms with Crippen LogP contribution in [0.3, 0.4) is 0 Å². The molecule has 3 aromatic rings. The quantitative estimate of drug-likeness (QED) is 0.406. The highest BCUT2D eigenvalue weighted by Crippen LogP contribution is 2.06. The summed E-state index contributed by atoms with van der Waals surface area (Å²) in [6.45, 7) is 0.372. The maximum atomic E-state index is 5.85. The summed E-state index contributed by atoms with van der Waals surface area (Å²) in [5.41, 5.74) is 7.55. The monoisotopic (exact) mass is 394 g/mol. The van der Waals surface area contributed by atoms with Crippen molar-refractivity contribution in [2.45, 2.75) is 6.54 Å². The van der Waals surface area contributed by atoms with Crippen molar-refractivity contribution < 1.29 is 0 Å². The molecule has 108 valence electrons. The van der Waals surface area contributed by atoms with Crippen molar-refractivity contribution in [2.75, 3.05) is 5.32 Å². The number of para-hydroxylation sites is 1.